The molecule has 4 rings (SSSR count). The Morgan fingerprint density at radius 1 is 1.04 bits per heavy atom. The van der Waals surface area contributed by atoms with Gasteiger partial charge in [0.05, 0.1) is 43.0 Å². The number of nitrogens with zero attached hydrogens (tertiary/aromatic N) is 4. The van der Waals surface area contributed by atoms with Gasteiger partial charge in [0.25, 0.3) is 0 Å². The second-order valence-electron chi connectivity index (χ2n) is 6.48. The zero-order valence-electron chi connectivity index (χ0n) is 13.6. The van der Waals surface area contributed by atoms with Gasteiger partial charge in [0.2, 0.25) is 0 Å². The molecule has 6 nitrogen and oxygen atoms in total. The van der Waals surface area contributed by atoms with Gasteiger partial charge >= 0.3 is 0 Å². The highest BCUT2D eigenvalue weighted by molar-refractivity contribution is 5.37. The van der Waals surface area contributed by atoms with E-state index in [1.807, 2.05) is 6.20 Å². The number of hydrogen-bond donors (Lipinski definition) is 0. The predicted octanol–water partition coefficient (Wildman–Crippen LogP) is 1.48. The topological polar surface area (TPSA) is 52.4 Å². The molecule has 122 valence electrons. The molecule has 0 spiro atoms. The van der Waals surface area contributed by atoms with Crippen LogP contribution in [0.3, 0.4) is 0 Å². The molecule has 2 aliphatic heterocycles. The third kappa shape index (κ3) is 3.15. The van der Waals surface area contributed by atoms with Crippen LogP contribution in [-0.2, 0) is 16.0 Å². The predicted molar refractivity (Wildman–Crippen MR) is 85.6 cm³/mol. The Morgan fingerprint density at radius 3 is 2.35 bits per heavy atom. The molecule has 0 aliphatic carbocycles. The van der Waals surface area contributed by atoms with Crippen molar-refractivity contribution < 1.29 is 9.47 Å². The summed E-state index contributed by atoms with van der Waals surface area (Å²) in [5.74, 6) is 0. The molecule has 0 radical (unpaired) electrons. The van der Waals surface area contributed by atoms with Crippen molar-refractivity contribution in [3.05, 3.63) is 41.2 Å². The van der Waals surface area contributed by atoms with E-state index in [1.54, 1.807) is 4.80 Å². The average molecular weight is 314 g/mol. The first kappa shape index (κ1) is 14.8. The summed E-state index contributed by atoms with van der Waals surface area (Å²) in [6.45, 7) is 8.18. The van der Waals surface area contributed by atoms with Gasteiger partial charge in [-0.25, -0.2) is 0 Å². The molecule has 0 bridgehead atoms. The van der Waals surface area contributed by atoms with E-state index in [0.717, 1.165) is 31.0 Å². The van der Waals surface area contributed by atoms with Gasteiger partial charge in [0.1, 0.15) is 0 Å². The second-order valence-corrected chi connectivity index (χ2v) is 6.48. The zero-order chi connectivity index (χ0) is 15.8. The van der Waals surface area contributed by atoms with E-state index in [4.69, 9.17) is 9.47 Å². The molecule has 1 aromatic carbocycles. The lowest BCUT2D eigenvalue weighted by Gasteiger charge is -2.24. The largest absolute Gasteiger partial charge is 0.372 e. The number of hydrogen-bond acceptors (Lipinski definition) is 5. The summed E-state index contributed by atoms with van der Waals surface area (Å²) in [5, 5.41) is 9.04. The van der Waals surface area contributed by atoms with Gasteiger partial charge in [-0.1, -0.05) is 6.07 Å². The molecule has 2 saturated heterocycles. The van der Waals surface area contributed by atoms with E-state index in [1.165, 1.54) is 11.1 Å². The second kappa shape index (κ2) is 6.03. The molecule has 6 heteroatoms. The summed E-state index contributed by atoms with van der Waals surface area (Å²) in [6, 6.07) is 6.35. The zero-order valence-corrected chi connectivity index (χ0v) is 13.6. The Bertz CT molecular complexity index is 665. The van der Waals surface area contributed by atoms with Crippen molar-refractivity contribution in [3.63, 3.8) is 0 Å². The monoisotopic (exact) mass is 314 g/mol. The van der Waals surface area contributed by atoms with E-state index in [0.29, 0.717) is 13.2 Å². The minimum Gasteiger partial charge on any atom is -0.372 e. The van der Waals surface area contributed by atoms with Crippen LogP contribution >= 0.6 is 0 Å². The van der Waals surface area contributed by atoms with Crippen molar-refractivity contribution in [1.29, 1.82) is 0 Å². The fourth-order valence-electron chi connectivity index (χ4n) is 3.45. The summed E-state index contributed by atoms with van der Waals surface area (Å²) in [5.41, 5.74) is 4.42. The normalized spacial score (nSPS) is 24.8. The molecule has 2 fully saturated rings. The molecule has 0 N–H and O–H groups in total. The first-order valence-electron chi connectivity index (χ1n) is 8.13. The van der Waals surface area contributed by atoms with Crippen molar-refractivity contribution in [2.24, 2.45) is 0 Å². The van der Waals surface area contributed by atoms with Gasteiger partial charge in [-0.3, -0.25) is 4.90 Å². The molecule has 3 heterocycles. The van der Waals surface area contributed by atoms with Gasteiger partial charge in [-0.2, -0.15) is 15.0 Å². The third-order valence-corrected chi connectivity index (χ3v) is 4.40. The molecular weight excluding hydrogens is 292 g/mol. The first-order valence-corrected chi connectivity index (χ1v) is 8.13. The number of likely N-dealkylation sites (tertiary alicyclic amines) is 1. The molecular formula is C17H22N4O2. The van der Waals surface area contributed by atoms with E-state index in [2.05, 4.69) is 47.1 Å². The van der Waals surface area contributed by atoms with E-state index < -0.39 is 0 Å². The van der Waals surface area contributed by atoms with Crippen LogP contribution in [0.25, 0.3) is 5.69 Å². The van der Waals surface area contributed by atoms with Gasteiger partial charge < -0.3 is 9.47 Å². The standard InChI is InChI=1S/C17H22N4O2/c1-12-5-13(2)7-15(6-12)21-18-8-14(19-21)9-20-10-16-17(11-20)23-4-3-22-16/h5-8,16-17H,3-4,9-11H2,1-2H3/t16-,17+. The summed E-state index contributed by atoms with van der Waals surface area (Å²) in [6.07, 6.45) is 2.26. The molecule has 0 saturated carbocycles. The smallest absolute Gasteiger partial charge is 0.0977 e. The quantitative estimate of drug-likeness (QED) is 0.859. The summed E-state index contributed by atoms with van der Waals surface area (Å²) >= 11 is 0. The fourth-order valence-corrected chi connectivity index (χ4v) is 3.45. The number of fused-ring (bicyclic) bond motifs is 1. The van der Waals surface area contributed by atoms with Crippen molar-refractivity contribution in [2.75, 3.05) is 26.3 Å². The lowest BCUT2D eigenvalue weighted by Crippen LogP contribution is -2.36. The molecule has 23 heavy (non-hydrogen) atoms. The molecule has 0 unspecified atom stereocenters. The highest BCUT2D eigenvalue weighted by Crippen LogP contribution is 2.21. The van der Waals surface area contributed by atoms with Crippen LogP contribution < -0.4 is 0 Å². The molecule has 2 aromatic rings. The minimum atomic E-state index is 0.207. The van der Waals surface area contributed by atoms with Crippen LogP contribution in [0, 0.1) is 13.8 Å². The van der Waals surface area contributed by atoms with Crippen molar-refractivity contribution in [2.45, 2.75) is 32.6 Å². The Balaban J connectivity index is 1.46. The SMILES string of the molecule is Cc1cc(C)cc(-n2ncc(CN3C[C@@H]4OCCO[C@@H]4C3)n2)c1. The molecule has 0 amide bonds. The van der Waals surface area contributed by atoms with Crippen LogP contribution in [0.1, 0.15) is 16.8 Å². The van der Waals surface area contributed by atoms with Crippen LogP contribution in [0.15, 0.2) is 24.4 Å². The maximum atomic E-state index is 5.76. The number of rotatable bonds is 3. The summed E-state index contributed by atoms with van der Waals surface area (Å²) in [7, 11) is 0. The average Bonchev–Trinajstić information content (AvgIpc) is 3.12. The van der Waals surface area contributed by atoms with E-state index in [9.17, 15) is 0 Å². The van der Waals surface area contributed by atoms with Crippen LogP contribution in [0.2, 0.25) is 0 Å². The van der Waals surface area contributed by atoms with Crippen LogP contribution in [0.5, 0.6) is 0 Å². The van der Waals surface area contributed by atoms with Gasteiger partial charge in [-0.05, 0) is 37.1 Å². The molecule has 2 aliphatic rings. The Hall–Kier alpha value is -1.76. The third-order valence-electron chi connectivity index (χ3n) is 4.40. The molecule has 1 aromatic heterocycles. The number of aromatic nitrogens is 3. The maximum Gasteiger partial charge on any atom is 0.0977 e. The Kier molecular flexibility index (Phi) is 3.88. The highest BCUT2D eigenvalue weighted by Gasteiger charge is 2.36. The summed E-state index contributed by atoms with van der Waals surface area (Å²) < 4.78 is 11.5. The van der Waals surface area contributed by atoms with E-state index >= 15 is 0 Å². The van der Waals surface area contributed by atoms with Crippen molar-refractivity contribution >= 4 is 0 Å². The van der Waals surface area contributed by atoms with Crippen LogP contribution in [0.4, 0.5) is 0 Å². The molecule has 2 atom stereocenters. The van der Waals surface area contributed by atoms with Crippen LogP contribution in [-0.4, -0.2) is 58.4 Å². The maximum absolute atomic E-state index is 5.76. The van der Waals surface area contributed by atoms with E-state index in [-0.39, 0.29) is 12.2 Å². The Morgan fingerprint density at radius 2 is 1.70 bits per heavy atom. The minimum absolute atomic E-state index is 0.207. The number of benzene rings is 1. The highest BCUT2D eigenvalue weighted by atomic mass is 16.6. The van der Waals surface area contributed by atoms with Crippen molar-refractivity contribution in [3.8, 4) is 5.69 Å². The van der Waals surface area contributed by atoms with Gasteiger partial charge in [-0.15, -0.1) is 0 Å². The van der Waals surface area contributed by atoms with Crippen molar-refractivity contribution in [1.82, 2.24) is 19.9 Å². The number of ether oxygens (including phenoxy) is 2. The lowest BCUT2D eigenvalue weighted by atomic mass is 10.1. The number of aryl methyl sites for hydroxylation is 2. The fraction of sp³-hybridized carbons (Fsp3) is 0.529. The first-order chi connectivity index (χ1) is 11.2. The summed E-state index contributed by atoms with van der Waals surface area (Å²) in [4.78, 5) is 4.04. The Labute approximate surface area is 136 Å². The van der Waals surface area contributed by atoms with Gasteiger partial charge in [0.15, 0.2) is 0 Å². The lowest BCUT2D eigenvalue weighted by molar-refractivity contribution is -0.116. The van der Waals surface area contributed by atoms with Gasteiger partial charge in [0, 0.05) is 19.6 Å².